The zero-order valence-corrected chi connectivity index (χ0v) is 15.8. The smallest absolute Gasteiger partial charge is 0.416 e. The van der Waals surface area contributed by atoms with Crippen LogP contribution in [0.15, 0.2) is 42.7 Å². The molecule has 29 heavy (non-hydrogen) atoms. The van der Waals surface area contributed by atoms with Crippen LogP contribution < -0.4 is 15.0 Å². The third kappa shape index (κ3) is 4.55. The Labute approximate surface area is 167 Å². The van der Waals surface area contributed by atoms with Crippen molar-refractivity contribution in [2.24, 2.45) is 5.92 Å². The van der Waals surface area contributed by atoms with Gasteiger partial charge in [-0.3, -0.25) is 4.90 Å². The first kappa shape index (κ1) is 19.4. The van der Waals surface area contributed by atoms with Crippen LogP contribution in [0.25, 0.3) is 0 Å². The number of halogens is 2. The quantitative estimate of drug-likeness (QED) is 0.782. The highest BCUT2D eigenvalue weighted by molar-refractivity contribution is 5.89. The van der Waals surface area contributed by atoms with Crippen LogP contribution in [-0.2, 0) is 4.74 Å². The van der Waals surface area contributed by atoms with Crippen molar-refractivity contribution in [3.63, 3.8) is 0 Å². The van der Waals surface area contributed by atoms with Gasteiger partial charge in [0.15, 0.2) is 0 Å². The number of carbonyl (C=O) groups is 1. The summed E-state index contributed by atoms with van der Waals surface area (Å²) in [5, 5.41) is 3.23. The Morgan fingerprint density at radius 3 is 2.72 bits per heavy atom. The number of ether oxygens (including phenoxy) is 2. The number of rotatable bonds is 6. The van der Waals surface area contributed by atoms with Gasteiger partial charge in [-0.05, 0) is 55.9 Å². The normalized spacial score (nSPS) is 24.0. The van der Waals surface area contributed by atoms with Gasteiger partial charge in [-0.15, -0.1) is 0 Å². The highest BCUT2D eigenvalue weighted by atomic mass is 19.3. The molecule has 1 saturated carbocycles. The van der Waals surface area contributed by atoms with Gasteiger partial charge in [-0.1, -0.05) is 6.07 Å². The molecule has 2 aromatic rings. The summed E-state index contributed by atoms with van der Waals surface area (Å²) in [5.41, 5.74) is -0.447. The van der Waals surface area contributed by atoms with Gasteiger partial charge >= 0.3 is 12.7 Å². The van der Waals surface area contributed by atoms with Crippen molar-refractivity contribution in [2.45, 2.75) is 37.9 Å². The molecule has 0 aromatic carbocycles. The van der Waals surface area contributed by atoms with Crippen LogP contribution in [0.3, 0.4) is 0 Å². The van der Waals surface area contributed by atoms with E-state index in [-0.39, 0.29) is 11.8 Å². The monoisotopic (exact) mass is 404 g/mol. The zero-order chi connectivity index (χ0) is 20.3. The van der Waals surface area contributed by atoms with Crippen LogP contribution in [0.5, 0.6) is 5.75 Å². The third-order valence-corrected chi connectivity index (χ3v) is 5.45. The predicted octanol–water partition coefficient (Wildman–Crippen LogP) is 4.08. The summed E-state index contributed by atoms with van der Waals surface area (Å²) in [5.74, 6) is 1.68. The SMILES string of the molecule is O=C1O[C@]2(CC[C@H](CNc3ccc(OC(F)F)cn3)CC2)CN1c1ccccn1. The van der Waals surface area contributed by atoms with Crippen molar-refractivity contribution in [3.05, 3.63) is 42.7 Å². The fourth-order valence-electron chi connectivity index (χ4n) is 3.89. The standard InChI is InChI=1S/C20H22F2N4O3/c21-18(22)28-15-4-5-16(25-12-15)24-11-14-6-8-20(9-7-14)13-26(19(27)29-20)17-3-1-2-10-23-17/h1-5,10,12,14,18H,6-9,11,13H2,(H,24,25)/t14-,20-. The van der Waals surface area contributed by atoms with Crippen molar-refractivity contribution in [3.8, 4) is 5.75 Å². The topological polar surface area (TPSA) is 76.6 Å². The molecule has 2 fully saturated rings. The average molecular weight is 404 g/mol. The Bertz CT molecular complexity index is 827. The molecule has 154 valence electrons. The first-order valence-corrected chi connectivity index (χ1v) is 9.59. The van der Waals surface area contributed by atoms with Gasteiger partial charge in [0.25, 0.3) is 0 Å². The Balaban J connectivity index is 1.27. The van der Waals surface area contributed by atoms with Gasteiger partial charge in [0.05, 0.1) is 12.7 Å². The number of hydrogen-bond acceptors (Lipinski definition) is 6. The highest BCUT2D eigenvalue weighted by Crippen LogP contribution is 2.40. The molecular formula is C20H22F2N4O3. The maximum Gasteiger partial charge on any atom is 0.416 e. The second kappa shape index (κ2) is 8.18. The molecule has 7 nitrogen and oxygen atoms in total. The van der Waals surface area contributed by atoms with Crippen LogP contribution in [0.1, 0.15) is 25.7 Å². The minimum atomic E-state index is -2.86. The van der Waals surface area contributed by atoms with Gasteiger partial charge < -0.3 is 14.8 Å². The third-order valence-electron chi connectivity index (χ3n) is 5.45. The fraction of sp³-hybridized carbons (Fsp3) is 0.450. The highest BCUT2D eigenvalue weighted by Gasteiger charge is 2.47. The molecule has 1 spiro atoms. The lowest BCUT2D eigenvalue weighted by Crippen LogP contribution is -2.39. The molecule has 0 atom stereocenters. The number of anilines is 2. The first-order chi connectivity index (χ1) is 14.0. The van der Waals surface area contributed by atoms with E-state index in [1.54, 1.807) is 23.2 Å². The summed E-state index contributed by atoms with van der Waals surface area (Å²) in [7, 11) is 0. The van der Waals surface area contributed by atoms with E-state index in [0.29, 0.717) is 24.1 Å². The van der Waals surface area contributed by atoms with Crippen molar-refractivity contribution < 1.29 is 23.0 Å². The van der Waals surface area contributed by atoms with E-state index >= 15 is 0 Å². The van der Waals surface area contributed by atoms with E-state index in [4.69, 9.17) is 4.74 Å². The second-order valence-corrected chi connectivity index (χ2v) is 7.41. The first-order valence-electron chi connectivity index (χ1n) is 9.59. The maximum atomic E-state index is 12.3. The van der Waals surface area contributed by atoms with E-state index in [2.05, 4.69) is 20.0 Å². The molecule has 3 heterocycles. The molecule has 9 heteroatoms. The summed E-state index contributed by atoms with van der Waals surface area (Å²) in [6.45, 7) is -1.62. The largest absolute Gasteiger partial charge is 0.441 e. The summed E-state index contributed by atoms with van der Waals surface area (Å²) >= 11 is 0. The van der Waals surface area contributed by atoms with Gasteiger partial charge in [0.2, 0.25) is 0 Å². The number of nitrogens with one attached hydrogen (secondary N) is 1. The number of pyridine rings is 2. The van der Waals surface area contributed by atoms with E-state index in [1.165, 1.54) is 12.3 Å². The lowest BCUT2D eigenvalue weighted by Gasteiger charge is -2.35. The summed E-state index contributed by atoms with van der Waals surface area (Å²) in [4.78, 5) is 22.3. The van der Waals surface area contributed by atoms with Crippen LogP contribution in [0.4, 0.5) is 25.2 Å². The minimum absolute atomic E-state index is 0.0330. The molecule has 1 N–H and O–H groups in total. The second-order valence-electron chi connectivity index (χ2n) is 7.41. The number of aromatic nitrogens is 2. The van der Waals surface area contributed by atoms with Gasteiger partial charge in [0.1, 0.15) is 23.0 Å². The van der Waals surface area contributed by atoms with Gasteiger partial charge in [0, 0.05) is 12.7 Å². The molecule has 1 aliphatic carbocycles. The van der Waals surface area contributed by atoms with Gasteiger partial charge in [-0.2, -0.15) is 8.78 Å². The molecule has 1 aliphatic heterocycles. The Morgan fingerprint density at radius 1 is 1.24 bits per heavy atom. The fourth-order valence-corrected chi connectivity index (χ4v) is 3.89. The summed E-state index contributed by atoms with van der Waals surface area (Å²) in [6, 6.07) is 8.55. The predicted molar refractivity (Wildman–Crippen MR) is 102 cm³/mol. The van der Waals surface area contributed by atoms with Crippen molar-refractivity contribution in [1.82, 2.24) is 9.97 Å². The Kier molecular flexibility index (Phi) is 5.46. The maximum absolute atomic E-state index is 12.3. The van der Waals surface area contributed by atoms with E-state index < -0.39 is 12.2 Å². The average Bonchev–Trinajstić information content (AvgIpc) is 3.05. The molecule has 0 radical (unpaired) electrons. The van der Waals surface area contributed by atoms with Crippen LogP contribution in [-0.4, -0.2) is 41.4 Å². The van der Waals surface area contributed by atoms with Crippen molar-refractivity contribution in [2.75, 3.05) is 23.3 Å². The number of carbonyl (C=O) groups excluding carboxylic acids is 1. The molecule has 0 bridgehead atoms. The van der Waals surface area contributed by atoms with E-state index in [1.807, 2.05) is 12.1 Å². The Morgan fingerprint density at radius 2 is 2.07 bits per heavy atom. The van der Waals surface area contributed by atoms with Gasteiger partial charge in [-0.25, -0.2) is 14.8 Å². The zero-order valence-electron chi connectivity index (χ0n) is 15.8. The number of amides is 1. The molecule has 4 rings (SSSR count). The molecule has 2 aliphatic rings. The number of nitrogens with zero attached hydrogens (tertiary/aromatic N) is 3. The van der Waals surface area contributed by atoms with Crippen LogP contribution in [0, 0.1) is 5.92 Å². The minimum Gasteiger partial charge on any atom is -0.441 e. The van der Waals surface area contributed by atoms with Crippen LogP contribution >= 0.6 is 0 Å². The lowest BCUT2D eigenvalue weighted by molar-refractivity contribution is -0.0500. The number of alkyl halides is 2. The van der Waals surface area contributed by atoms with Crippen molar-refractivity contribution >= 4 is 17.7 Å². The molecule has 1 saturated heterocycles. The molecular weight excluding hydrogens is 382 g/mol. The van der Waals surface area contributed by atoms with E-state index in [9.17, 15) is 13.6 Å². The molecule has 0 unspecified atom stereocenters. The molecule has 1 amide bonds. The lowest BCUT2D eigenvalue weighted by atomic mass is 9.78. The number of hydrogen-bond donors (Lipinski definition) is 1. The summed E-state index contributed by atoms with van der Waals surface area (Å²) < 4.78 is 34.4. The van der Waals surface area contributed by atoms with Crippen molar-refractivity contribution in [1.29, 1.82) is 0 Å². The van der Waals surface area contributed by atoms with E-state index in [0.717, 1.165) is 32.2 Å². The molecule has 2 aromatic heterocycles. The summed E-state index contributed by atoms with van der Waals surface area (Å²) in [6.07, 6.45) is 6.03. The van der Waals surface area contributed by atoms with Crippen LogP contribution in [0.2, 0.25) is 0 Å². The Hall–Kier alpha value is -2.97.